The lowest BCUT2D eigenvalue weighted by atomic mass is 10.0. The fraction of sp³-hybridized carbons (Fsp3) is 0.524. The smallest absolute Gasteiger partial charge is 0.220 e. The van der Waals surface area contributed by atoms with E-state index in [1.165, 1.54) is 27.9 Å². The number of hydrogen-bond donors (Lipinski definition) is 1. The normalized spacial score (nSPS) is 13.7. The van der Waals surface area contributed by atoms with Gasteiger partial charge < -0.3 is 10.1 Å². The molecule has 3 rings (SSSR count). The summed E-state index contributed by atoms with van der Waals surface area (Å²) in [5.74, 6) is 0.0653. The Bertz CT molecular complexity index is 793. The van der Waals surface area contributed by atoms with Crippen LogP contribution in [0.15, 0.2) is 18.2 Å². The van der Waals surface area contributed by atoms with Crippen LogP contribution in [0.1, 0.15) is 60.0 Å². The van der Waals surface area contributed by atoms with Crippen LogP contribution >= 0.6 is 0 Å². The molecule has 2 heterocycles. The minimum absolute atomic E-state index is 0.0653. The Morgan fingerprint density at radius 3 is 2.92 bits per heavy atom. The number of amides is 1. The summed E-state index contributed by atoms with van der Waals surface area (Å²) in [5.41, 5.74) is 7.07. The molecule has 1 N–H and O–H groups in total. The quantitative estimate of drug-likeness (QED) is 0.864. The molecule has 2 aromatic rings. The Morgan fingerprint density at radius 2 is 2.15 bits per heavy atom. The molecule has 26 heavy (non-hydrogen) atoms. The molecule has 1 amide bonds. The summed E-state index contributed by atoms with van der Waals surface area (Å²) in [6.45, 7) is 10.4. The number of ether oxygens (including phenoxy) is 1. The molecule has 0 aliphatic carbocycles. The molecule has 0 saturated heterocycles. The lowest BCUT2D eigenvalue weighted by Gasteiger charge is -2.16. The van der Waals surface area contributed by atoms with Gasteiger partial charge in [0, 0.05) is 43.1 Å². The number of fused-ring (bicyclic) bond motifs is 1. The first kappa shape index (κ1) is 18.6. The maximum absolute atomic E-state index is 12.3. The number of nitrogens with zero attached hydrogens (tertiary/aromatic N) is 2. The predicted octanol–water partition coefficient (Wildman–Crippen LogP) is 3.40. The van der Waals surface area contributed by atoms with Crippen LogP contribution in [0.25, 0.3) is 0 Å². The molecule has 0 unspecified atom stereocenters. The summed E-state index contributed by atoms with van der Waals surface area (Å²) in [4.78, 5) is 12.3. The molecule has 5 heteroatoms. The highest BCUT2D eigenvalue weighted by Crippen LogP contribution is 2.24. The maximum atomic E-state index is 12.3. The molecule has 1 aliphatic rings. The first-order valence-corrected chi connectivity index (χ1v) is 9.45. The third-order valence-corrected chi connectivity index (χ3v) is 4.99. The SMILES string of the molecule is Cc1ccc(C)c(CNC(=O)CCc2nn(C(C)C)c3c2COCC3)c1. The van der Waals surface area contributed by atoms with Gasteiger partial charge in [-0.1, -0.05) is 23.8 Å². The lowest BCUT2D eigenvalue weighted by Crippen LogP contribution is -2.23. The number of hydrogen-bond acceptors (Lipinski definition) is 3. The van der Waals surface area contributed by atoms with Crippen molar-refractivity contribution in [2.45, 2.75) is 66.2 Å². The van der Waals surface area contributed by atoms with E-state index in [-0.39, 0.29) is 5.91 Å². The maximum Gasteiger partial charge on any atom is 0.220 e. The summed E-state index contributed by atoms with van der Waals surface area (Å²) in [5, 5.41) is 7.81. The van der Waals surface area contributed by atoms with Gasteiger partial charge in [0.1, 0.15) is 0 Å². The Morgan fingerprint density at radius 1 is 1.35 bits per heavy atom. The van der Waals surface area contributed by atoms with Gasteiger partial charge in [0.2, 0.25) is 5.91 Å². The minimum Gasteiger partial charge on any atom is -0.376 e. The molecular weight excluding hydrogens is 326 g/mol. The van der Waals surface area contributed by atoms with Crippen molar-refractivity contribution in [2.24, 2.45) is 0 Å². The van der Waals surface area contributed by atoms with E-state index < -0.39 is 0 Å². The van der Waals surface area contributed by atoms with E-state index in [0.717, 1.165) is 18.7 Å². The fourth-order valence-electron chi connectivity index (χ4n) is 3.46. The zero-order chi connectivity index (χ0) is 18.7. The molecule has 0 spiro atoms. The highest BCUT2D eigenvalue weighted by Gasteiger charge is 2.22. The molecule has 1 aliphatic heterocycles. The van der Waals surface area contributed by atoms with Crippen LogP contribution in [0.5, 0.6) is 0 Å². The van der Waals surface area contributed by atoms with Gasteiger partial charge in [0.25, 0.3) is 0 Å². The average molecular weight is 355 g/mol. The monoisotopic (exact) mass is 355 g/mol. The van der Waals surface area contributed by atoms with Crippen molar-refractivity contribution in [1.82, 2.24) is 15.1 Å². The Labute approximate surface area is 155 Å². The van der Waals surface area contributed by atoms with Crippen LogP contribution in [0.4, 0.5) is 0 Å². The molecule has 0 fully saturated rings. The molecule has 5 nitrogen and oxygen atoms in total. The average Bonchev–Trinajstić information content (AvgIpc) is 3.00. The number of carbonyl (C=O) groups is 1. The van der Waals surface area contributed by atoms with Crippen molar-refractivity contribution in [3.8, 4) is 0 Å². The van der Waals surface area contributed by atoms with E-state index in [0.29, 0.717) is 32.0 Å². The number of aryl methyl sites for hydroxylation is 3. The second kappa shape index (κ2) is 8.04. The standard InChI is InChI=1S/C21H29N3O2/c1-14(2)24-20-9-10-26-13-18(20)19(23-24)7-8-21(25)22-12-17-11-15(3)5-6-16(17)4/h5-6,11,14H,7-10,12-13H2,1-4H3,(H,22,25). The van der Waals surface area contributed by atoms with Gasteiger partial charge in [0.05, 0.1) is 18.9 Å². The number of nitrogens with one attached hydrogen (secondary N) is 1. The number of carbonyl (C=O) groups excluding carboxylic acids is 1. The lowest BCUT2D eigenvalue weighted by molar-refractivity contribution is -0.121. The van der Waals surface area contributed by atoms with E-state index >= 15 is 0 Å². The Hall–Kier alpha value is -2.14. The van der Waals surface area contributed by atoms with E-state index in [2.05, 4.69) is 55.9 Å². The summed E-state index contributed by atoms with van der Waals surface area (Å²) in [6, 6.07) is 6.65. The second-order valence-electron chi connectivity index (χ2n) is 7.42. The molecule has 0 radical (unpaired) electrons. The predicted molar refractivity (Wildman–Crippen MR) is 102 cm³/mol. The summed E-state index contributed by atoms with van der Waals surface area (Å²) < 4.78 is 7.71. The first-order valence-electron chi connectivity index (χ1n) is 9.45. The molecule has 0 saturated carbocycles. The highest BCUT2D eigenvalue weighted by atomic mass is 16.5. The van der Waals surface area contributed by atoms with Crippen LogP contribution in [0.2, 0.25) is 0 Å². The van der Waals surface area contributed by atoms with Gasteiger partial charge in [-0.2, -0.15) is 5.10 Å². The molecule has 140 valence electrons. The highest BCUT2D eigenvalue weighted by molar-refractivity contribution is 5.76. The second-order valence-corrected chi connectivity index (χ2v) is 7.42. The number of benzene rings is 1. The molecular formula is C21H29N3O2. The van der Waals surface area contributed by atoms with Gasteiger partial charge in [-0.05, 0) is 38.8 Å². The van der Waals surface area contributed by atoms with Crippen molar-refractivity contribution in [1.29, 1.82) is 0 Å². The van der Waals surface area contributed by atoms with E-state index in [4.69, 9.17) is 9.84 Å². The fourth-order valence-corrected chi connectivity index (χ4v) is 3.46. The van der Waals surface area contributed by atoms with Gasteiger partial charge in [-0.15, -0.1) is 0 Å². The van der Waals surface area contributed by atoms with Crippen molar-refractivity contribution in [3.05, 3.63) is 51.8 Å². The van der Waals surface area contributed by atoms with E-state index in [9.17, 15) is 4.79 Å². The topological polar surface area (TPSA) is 56.2 Å². The zero-order valence-electron chi connectivity index (χ0n) is 16.3. The third-order valence-electron chi connectivity index (χ3n) is 4.99. The van der Waals surface area contributed by atoms with Gasteiger partial charge >= 0.3 is 0 Å². The molecule has 1 aromatic heterocycles. The van der Waals surface area contributed by atoms with Crippen molar-refractivity contribution in [3.63, 3.8) is 0 Å². The van der Waals surface area contributed by atoms with Crippen LogP contribution in [-0.4, -0.2) is 22.3 Å². The largest absolute Gasteiger partial charge is 0.376 e. The number of aromatic nitrogens is 2. The summed E-state index contributed by atoms with van der Waals surface area (Å²) in [6.07, 6.45) is 2.01. The first-order chi connectivity index (χ1) is 12.5. The Balaban J connectivity index is 1.60. The van der Waals surface area contributed by atoms with Gasteiger partial charge in [-0.3, -0.25) is 9.48 Å². The van der Waals surface area contributed by atoms with E-state index in [1.54, 1.807) is 0 Å². The van der Waals surface area contributed by atoms with Crippen LogP contribution in [0, 0.1) is 13.8 Å². The van der Waals surface area contributed by atoms with Gasteiger partial charge in [0.15, 0.2) is 0 Å². The van der Waals surface area contributed by atoms with Crippen molar-refractivity contribution < 1.29 is 9.53 Å². The number of rotatable bonds is 6. The van der Waals surface area contributed by atoms with Crippen LogP contribution in [0.3, 0.4) is 0 Å². The molecule has 1 aromatic carbocycles. The summed E-state index contributed by atoms with van der Waals surface area (Å²) >= 11 is 0. The third kappa shape index (κ3) is 4.15. The van der Waals surface area contributed by atoms with Crippen LogP contribution < -0.4 is 5.32 Å². The molecule has 0 bridgehead atoms. The minimum atomic E-state index is 0.0653. The summed E-state index contributed by atoms with van der Waals surface area (Å²) in [7, 11) is 0. The van der Waals surface area contributed by atoms with Crippen molar-refractivity contribution in [2.75, 3.05) is 6.61 Å². The zero-order valence-corrected chi connectivity index (χ0v) is 16.3. The Kier molecular flexibility index (Phi) is 5.77. The van der Waals surface area contributed by atoms with Gasteiger partial charge in [-0.25, -0.2) is 0 Å². The van der Waals surface area contributed by atoms with Crippen molar-refractivity contribution >= 4 is 5.91 Å². The molecule has 0 atom stereocenters. The van der Waals surface area contributed by atoms with Crippen LogP contribution in [-0.2, 0) is 35.5 Å². The van der Waals surface area contributed by atoms with E-state index in [1.807, 2.05) is 0 Å².